The van der Waals surface area contributed by atoms with Gasteiger partial charge in [0.2, 0.25) is 0 Å². The van der Waals surface area contributed by atoms with Gasteiger partial charge in [0, 0.05) is 29.8 Å². The summed E-state index contributed by atoms with van der Waals surface area (Å²) in [6.45, 7) is 0. The predicted molar refractivity (Wildman–Crippen MR) is 125 cm³/mol. The molecule has 1 atom stereocenters. The van der Waals surface area contributed by atoms with Crippen molar-refractivity contribution in [3.63, 3.8) is 0 Å². The second-order valence-corrected chi connectivity index (χ2v) is 7.47. The Balaban J connectivity index is 1.63. The molecule has 160 valence electrons. The van der Waals surface area contributed by atoms with Crippen molar-refractivity contribution in [3.05, 3.63) is 112 Å². The number of non-ortho nitro benzene ring substituents is 1. The lowest BCUT2D eigenvalue weighted by Gasteiger charge is -2.20. The third-order valence-electron chi connectivity index (χ3n) is 5.38. The van der Waals surface area contributed by atoms with Gasteiger partial charge in [0.25, 0.3) is 5.69 Å². The Bertz CT molecular complexity index is 1270. The molecule has 0 heterocycles. The van der Waals surface area contributed by atoms with Gasteiger partial charge in [0.05, 0.1) is 18.1 Å². The first-order valence-electron chi connectivity index (χ1n) is 10.2. The van der Waals surface area contributed by atoms with Crippen LogP contribution in [0.15, 0.2) is 91.0 Å². The standard InChI is InChI=1S/C26H22N2O4/c1-32-24-13-11-19(12-14-24)25(27-22-7-4-8-23(16-22)28(30)31)17-26(29)21-10-9-18-5-2-3-6-20(18)15-21/h2-16,25,27H,17H2,1H3. The molecule has 4 rings (SSSR count). The van der Waals surface area contributed by atoms with Crippen molar-refractivity contribution in [3.8, 4) is 5.75 Å². The summed E-state index contributed by atoms with van der Waals surface area (Å²) in [7, 11) is 1.59. The third kappa shape index (κ3) is 4.75. The molecule has 4 aromatic rings. The first-order chi connectivity index (χ1) is 15.5. The molecule has 0 saturated carbocycles. The molecule has 4 aromatic carbocycles. The summed E-state index contributed by atoms with van der Waals surface area (Å²) in [5.41, 5.74) is 2.07. The molecule has 0 aliphatic rings. The summed E-state index contributed by atoms with van der Waals surface area (Å²) in [6, 6.07) is 26.9. The number of ketones is 1. The lowest BCUT2D eigenvalue weighted by molar-refractivity contribution is -0.384. The van der Waals surface area contributed by atoms with Crippen LogP contribution in [-0.2, 0) is 0 Å². The average Bonchev–Trinajstić information content (AvgIpc) is 2.83. The molecule has 0 radical (unpaired) electrons. The number of nitrogens with zero attached hydrogens (tertiary/aromatic N) is 1. The van der Waals surface area contributed by atoms with Crippen LogP contribution in [0.3, 0.4) is 0 Å². The zero-order valence-electron chi connectivity index (χ0n) is 17.5. The van der Waals surface area contributed by atoms with Gasteiger partial charge in [-0.3, -0.25) is 14.9 Å². The van der Waals surface area contributed by atoms with Gasteiger partial charge < -0.3 is 10.1 Å². The lowest BCUT2D eigenvalue weighted by atomic mass is 9.96. The van der Waals surface area contributed by atoms with Crippen LogP contribution in [0.4, 0.5) is 11.4 Å². The van der Waals surface area contributed by atoms with Gasteiger partial charge in [0.15, 0.2) is 5.78 Å². The first kappa shape index (κ1) is 21.1. The van der Waals surface area contributed by atoms with E-state index in [1.165, 1.54) is 12.1 Å². The number of ether oxygens (including phenoxy) is 1. The van der Waals surface area contributed by atoms with E-state index in [1.54, 1.807) is 19.2 Å². The molecule has 6 nitrogen and oxygen atoms in total. The molecule has 32 heavy (non-hydrogen) atoms. The Morgan fingerprint density at radius 3 is 2.41 bits per heavy atom. The number of carbonyl (C=O) groups is 1. The second-order valence-electron chi connectivity index (χ2n) is 7.47. The number of fused-ring (bicyclic) bond motifs is 1. The number of methoxy groups -OCH3 is 1. The fourth-order valence-corrected chi connectivity index (χ4v) is 3.66. The van der Waals surface area contributed by atoms with Gasteiger partial charge in [-0.1, -0.05) is 54.6 Å². The summed E-state index contributed by atoms with van der Waals surface area (Å²) >= 11 is 0. The Labute approximate surface area is 185 Å². The largest absolute Gasteiger partial charge is 0.497 e. The molecule has 6 heteroatoms. The first-order valence-corrected chi connectivity index (χ1v) is 10.2. The number of anilines is 1. The van der Waals surface area contributed by atoms with E-state index in [0.717, 1.165) is 16.3 Å². The number of rotatable bonds is 8. The minimum absolute atomic E-state index is 0.00987. The van der Waals surface area contributed by atoms with Crippen LogP contribution in [0, 0.1) is 10.1 Å². The molecule has 0 bridgehead atoms. The zero-order valence-corrected chi connectivity index (χ0v) is 17.5. The van der Waals surface area contributed by atoms with Crippen molar-refractivity contribution in [1.82, 2.24) is 0 Å². The van der Waals surface area contributed by atoms with E-state index in [4.69, 9.17) is 4.74 Å². The van der Waals surface area contributed by atoms with Crippen LogP contribution in [0.5, 0.6) is 5.75 Å². The average molecular weight is 426 g/mol. The summed E-state index contributed by atoms with van der Waals surface area (Å²) < 4.78 is 5.24. The lowest BCUT2D eigenvalue weighted by Crippen LogP contribution is -2.16. The van der Waals surface area contributed by atoms with Crippen LogP contribution in [0.1, 0.15) is 28.4 Å². The SMILES string of the molecule is COc1ccc(C(CC(=O)c2ccc3ccccc3c2)Nc2cccc([N+](=O)[O-])c2)cc1. The number of nitro groups is 1. The van der Waals surface area contributed by atoms with Crippen molar-refractivity contribution in [2.45, 2.75) is 12.5 Å². The molecule has 0 fully saturated rings. The summed E-state index contributed by atoms with van der Waals surface area (Å²) in [6.07, 6.45) is 0.188. The van der Waals surface area contributed by atoms with Crippen LogP contribution in [-0.4, -0.2) is 17.8 Å². The Morgan fingerprint density at radius 1 is 0.938 bits per heavy atom. The van der Waals surface area contributed by atoms with Crippen molar-refractivity contribution in [1.29, 1.82) is 0 Å². The highest BCUT2D eigenvalue weighted by atomic mass is 16.6. The van der Waals surface area contributed by atoms with E-state index < -0.39 is 4.92 Å². The number of hydrogen-bond donors (Lipinski definition) is 1. The molecular formula is C26H22N2O4. The molecule has 0 saturated heterocycles. The topological polar surface area (TPSA) is 81.5 Å². The summed E-state index contributed by atoms with van der Waals surface area (Å²) in [4.78, 5) is 23.9. The second kappa shape index (κ2) is 9.31. The molecule has 0 amide bonds. The van der Waals surface area contributed by atoms with Gasteiger partial charge in [-0.15, -0.1) is 0 Å². The molecule has 0 aliphatic heterocycles. The fourth-order valence-electron chi connectivity index (χ4n) is 3.66. The Hall–Kier alpha value is -4.19. The molecular weight excluding hydrogens is 404 g/mol. The highest BCUT2D eigenvalue weighted by molar-refractivity contribution is 6.00. The van der Waals surface area contributed by atoms with Crippen molar-refractivity contribution in [2.75, 3.05) is 12.4 Å². The predicted octanol–water partition coefficient (Wildman–Crippen LogP) is 6.18. The van der Waals surface area contributed by atoms with Gasteiger partial charge in [-0.05, 0) is 40.6 Å². The van der Waals surface area contributed by atoms with Crippen LogP contribution < -0.4 is 10.1 Å². The Morgan fingerprint density at radius 2 is 1.69 bits per heavy atom. The van der Waals surface area contributed by atoms with E-state index in [1.807, 2.05) is 66.7 Å². The highest BCUT2D eigenvalue weighted by Crippen LogP contribution is 2.28. The third-order valence-corrected chi connectivity index (χ3v) is 5.38. The number of benzene rings is 4. The van der Waals surface area contributed by atoms with Crippen LogP contribution in [0.2, 0.25) is 0 Å². The van der Waals surface area contributed by atoms with E-state index in [0.29, 0.717) is 17.0 Å². The van der Waals surface area contributed by atoms with Crippen molar-refractivity contribution in [2.24, 2.45) is 0 Å². The number of nitro benzene ring substituents is 1. The summed E-state index contributed by atoms with van der Waals surface area (Å²) in [5.74, 6) is 0.693. The monoisotopic (exact) mass is 426 g/mol. The fraction of sp³-hybridized carbons (Fsp3) is 0.115. The zero-order chi connectivity index (χ0) is 22.5. The number of carbonyl (C=O) groups excluding carboxylic acids is 1. The number of Topliss-reactive ketones (excluding diaryl/α,β-unsaturated/α-hetero) is 1. The minimum Gasteiger partial charge on any atom is -0.497 e. The van der Waals surface area contributed by atoms with E-state index in [-0.39, 0.29) is 23.9 Å². The smallest absolute Gasteiger partial charge is 0.271 e. The maximum atomic E-state index is 13.2. The molecule has 0 spiro atoms. The number of nitrogens with one attached hydrogen (secondary N) is 1. The van der Waals surface area contributed by atoms with E-state index in [9.17, 15) is 14.9 Å². The van der Waals surface area contributed by atoms with Crippen LogP contribution in [0.25, 0.3) is 10.8 Å². The summed E-state index contributed by atoms with van der Waals surface area (Å²) in [5, 5.41) is 16.5. The van der Waals surface area contributed by atoms with Crippen LogP contribution >= 0.6 is 0 Å². The molecule has 0 aliphatic carbocycles. The maximum Gasteiger partial charge on any atom is 0.271 e. The molecule has 1 unspecified atom stereocenters. The minimum atomic E-state index is -0.437. The number of hydrogen-bond acceptors (Lipinski definition) is 5. The van der Waals surface area contributed by atoms with Crippen molar-refractivity contribution < 1.29 is 14.5 Å². The van der Waals surface area contributed by atoms with Gasteiger partial charge in [-0.25, -0.2) is 0 Å². The van der Waals surface area contributed by atoms with Gasteiger partial charge in [-0.2, -0.15) is 0 Å². The molecule has 0 aromatic heterocycles. The van der Waals surface area contributed by atoms with Crippen molar-refractivity contribution >= 4 is 27.9 Å². The maximum absolute atomic E-state index is 13.2. The quantitative estimate of drug-likeness (QED) is 0.207. The van der Waals surface area contributed by atoms with E-state index in [2.05, 4.69) is 5.32 Å². The highest BCUT2D eigenvalue weighted by Gasteiger charge is 2.19. The Kier molecular flexibility index (Phi) is 6.12. The normalized spacial score (nSPS) is 11.7. The van der Waals surface area contributed by atoms with E-state index >= 15 is 0 Å². The van der Waals surface area contributed by atoms with Gasteiger partial charge >= 0.3 is 0 Å². The molecule has 1 N–H and O–H groups in total. The van der Waals surface area contributed by atoms with Gasteiger partial charge in [0.1, 0.15) is 5.75 Å².